The Kier molecular flexibility index (Phi) is 1.44. The van der Waals surface area contributed by atoms with Gasteiger partial charge in [0.2, 0.25) is 0 Å². The van der Waals surface area contributed by atoms with Crippen LogP contribution in [-0.2, 0) is 0 Å². The van der Waals surface area contributed by atoms with E-state index in [1.165, 1.54) is 32.4 Å². The highest BCUT2D eigenvalue weighted by Crippen LogP contribution is 2.15. The molecule has 0 unspecified atom stereocenters. The van der Waals surface area contributed by atoms with Crippen LogP contribution in [0.25, 0.3) is 0 Å². The molecular weight excluding hydrogens is 112 g/mol. The summed E-state index contributed by atoms with van der Waals surface area (Å²) in [5.74, 6) is 0. The van der Waals surface area contributed by atoms with Gasteiger partial charge in [-0.3, -0.25) is 0 Å². The average molecular weight is 126 g/mol. The standard InChI is InChI=1S/C7H14N2/c1-2-6-7(8-4-1)3-5-9-6/h6-9H,1-5H2/t6-,7-/m1/s1. The monoisotopic (exact) mass is 126 g/mol. The van der Waals surface area contributed by atoms with Crippen LogP contribution in [0.2, 0.25) is 0 Å². The van der Waals surface area contributed by atoms with Crippen molar-refractivity contribution >= 4 is 0 Å². The maximum atomic E-state index is 3.52. The predicted molar refractivity (Wildman–Crippen MR) is 37.4 cm³/mol. The van der Waals surface area contributed by atoms with E-state index in [0.717, 1.165) is 12.1 Å². The lowest BCUT2D eigenvalue weighted by atomic mass is 10.0. The molecule has 2 atom stereocenters. The van der Waals surface area contributed by atoms with E-state index in [9.17, 15) is 0 Å². The molecule has 0 aromatic rings. The Morgan fingerprint density at radius 1 is 0.889 bits per heavy atom. The zero-order valence-corrected chi connectivity index (χ0v) is 5.69. The highest BCUT2D eigenvalue weighted by Gasteiger charge is 2.28. The molecular formula is C7H14N2. The molecule has 2 aliphatic heterocycles. The summed E-state index contributed by atoms with van der Waals surface area (Å²) in [4.78, 5) is 0. The molecule has 0 aromatic heterocycles. The molecule has 0 amide bonds. The zero-order chi connectivity index (χ0) is 6.10. The quantitative estimate of drug-likeness (QED) is 0.481. The fourth-order valence-electron chi connectivity index (χ4n) is 1.92. The molecule has 0 bridgehead atoms. The van der Waals surface area contributed by atoms with E-state index in [1.54, 1.807) is 0 Å². The first-order valence-corrected chi connectivity index (χ1v) is 3.93. The Labute approximate surface area is 56.0 Å². The maximum absolute atomic E-state index is 3.52. The van der Waals surface area contributed by atoms with E-state index in [-0.39, 0.29) is 0 Å². The van der Waals surface area contributed by atoms with Gasteiger partial charge in [-0.1, -0.05) is 0 Å². The smallest absolute Gasteiger partial charge is 0.0233 e. The van der Waals surface area contributed by atoms with E-state index >= 15 is 0 Å². The van der Waals surface area contributed by atoms with Gasteiger partial charge in [0.05, 0.1) is 0 Å². The topological polar surface area (TPSA) is 24.1 Å². The SMILES string of the molecule is C1CN[C@@H]2CCN[C@@H]2C1. The van der Waals surface area contributed by atoms with Gasteiger partial charge in [0, 0.05) is 12.1 Å². The van der Waals surface area contributed by atoms with Crippen molar-refractivity contribution in [2.24, 2.45) is 0 Å². The minimum atomic E-state index is 0.804. The second-order valence-corrected chi connectivity index (χ2v) is 3.05. The van der Waals surface area contributed by atoms with Crippen LogP contribution in [-0.4, -0.2) is 25.2 Å². The maximum Gasteiger partial charge on any atom is 0.0233 e. The molecule has 2 heterocycles. The summed E-state index contributed by atoms with van der Waals surface area (Å²) in [6.07, 6.45) is 4.08. The van der Waals surface area contributed by atoms with Crippen molar-refractivity contribution in [3.05, 3.63) is 0 Å². The second-order valence-electron chi connectivity index (χ2n) is 3.05. The number of hydrogen-bond acceptors (Lipinski definition) is 2. The van der Waals surface area contributed by atoms with Crippen LogP contribution in [0, 0.1) is 0 Å². The Balaban J connectivity index is 1.97. The third kappa shape index (κ3) is 0.970. The molecule has 0 spiro atoms. The van der Waals surface area contributed by atoms with Crippen molar-refractivity contribution in [1.82, 2.24) is 10.6 Å². The van der Waals surface area contributed by atoms with E-state index in [0.29, 0.717) is 0 Å². The molecule has 2 N–H and O–H groups in total. The Morgan fingerprint density at radius 3 is 2.56 bits per heavy atom. The number of hydrogen-bond donors (Lipinski definition) is 2. The van der Waals surface area contributed by atoms with E-state index in [1.807, 2.05) is 0 Å². The molecule has 9 heavy (non-hydrogen) atoms. The van der Waals surface area contributed by atoms with Gasteiger partial charge in [0.15, 0.2) is 0 Å². The summed E-state index contributed by atoms with van der Waals surface area (Å²) in [7, 11) is 0. The van der Waals surface area contributed by atoms with Crippen molar-refractivity contribution in [1.29, 1.82) is 0 Å². The van der Waals surface area contributed by atoms with Crippen LogP contribution in [0.5, 0.6) is 0 Å². The summed E-state index contributed by atoms with van der Waals surface area (Å²) in [6, 6.07) is 1.61. The molecule has 0 aromatic carbocycles. The fourth-order valence-corrected chi connectivity index (χ4v) is 1.92. The van der Waals surface area contributed by atoms with Gasteiger partial charge in [0.1, 0.15) is 0 Å². The normalized spacial score (nSPS) is 42.7. The summed E-state index contributed by atoms with van der Waals surface area (Å²) in [5.41, 5.74) is 0. The van der Waals surface area contributed by atoms with Crippen molar-refractivity contribution in [2.75, 3.05) is 13.1 Å². The summed E-state index contributed by atoms with van der Waals surface area (Å²) < 4.78 is 0. The minimum Gasteiger partial charge on any atom is -0.312 e. The number of fused-ring (bicyclic) bond motifs is 1. The number of nitrogens with one attached hydrogen (secondary N) is 2. The van der Waals surface area contributed by atoms with Gasteiger partial charge < -0.3 is 10.6 Å². The van der Waals surface area contributed by atoms with Crippen molar-refractivity contribution < 1.29 is 0 Å². The van der Waals surface area contributed by atoms with Crippen LogP contribution in [0.15, 0.2) is 0 Å². The Bertz CT molecular complexity index is 91.1. The highest BCUT2D eigenvalue weighted by molar-refractivity contribution is 4.91. The van der Waals surface area contributed by atoms with E-state index < -0.39 is 0 Å². The van der Waals surface area contributed by atoms with Gasteiger partial charge in [-0.2, -0.15) is 0 Å². The lowest BCUT2D eigenvalue weighted by Crippen LogP contribution is -2.45. The molecule has 2 nitrogen and oxygen atoms in total. The van der Waals surface area contributed by atoms with E-state index in [2.05, 4.69) is 10.6 Å². The lowest BCUT2D eigenvalue weighted by molar-refractivity contribution is 0.365. The largest absolute Gasteiger partial charge is 0.312 e. The first-order valence-electron chi connectivity index (χ1n) is 3.93. The van der Waals surface area contributed by atoms with Gasteiger partial charge >= 0.3 is 0 Å². The molecule has 2 rings (SSSR count). The molecule has 2 heteroatoms. The third-order valence-electron chi connectivity index (χ3n) is 2.45. The zero-order valence-electron chi connectivity index (χ0n) is 5.69. The van der Waals surface area contributed by atoms with Crippen molar-refractivity contribution in [3.8, 4) is 0 Å². The van der Waals surface area contributed by atoms with Crippen LogP contribution in [0.3, 0.4) is 0 Å². The molecule has 2 aliphatic rings. The molecule has 0 aliphatic carbocycles. The molecule has 0 radical (unpaired) electrons. The van der Waals surface area contributed by atoms with Crippen molar-refractivity contribution in [3.63, 3.8) is 0 Å². The summed E-state index contributed by atoms with van der Waals surface area (Å²) in [6.45, 7) is 2.46. The van der Waals surface area contributed by atoms with Crippen LogP contribution in [0.4, 0.5) is 0 Å². The lowest BCUT2D eigenvalue weighted by Gasteiger charge is -2.25. The fraction of sp³-hybridized carbons (Fsp3) is 1.00. The van der Waals surface area contributed by atoms with Gasteiger partial charge in [-0.25, -0.2) is 0 Å². The minimum absolute atomic E-state index is 0.804. The molecule has 2 saturated heterocycles. The third-order valence-corrected chi connectivity index (χ3v) is 2.45. The number of rotatable bonds is 0. The second kappa shape index (κ2) is 2.27. The number of piperidine rings is 1. The van der Waals surface area contributed by atoms with E-state index in [4.69, 9.17) is 0 Å². The van der Waals surface area contributed by atoms with Gasteiger partial charge in [0.25, 0.3) is 0 Å². The van der Waals surface area contributed by atoms with Crippen LogP contribution in [0.1, 0.15) is 19.3 Å². The summed E-state index contributed by atoms with van der Waals surface area (Å²) in [5, 5.41) is 7.01. The molecule has 52 valence electrons. The predicted octanol–water partition coefficient (Wildman–Crippen LogP) is 0.100. The Hall–Kier alpha value is -0.0800. The first kappa shape index (κ1) is 5.69. The Morgan fingerprint density at radius 2 is 1.67 bits per heavy atom. The van der Waals surface area contributed by atoms with Gasteiger partial charge in [-0.15, -0.1) is 0 Å². The summed E-state index contributed by atoms with van der Waals surface area (Å²) >= 11 is 0. The first-order chi connectivity index (χ1) is 4.47. The van der Waals surface area contributed by atoms with Crippen LogP contribution < -0.4 is 10.6 Å². The highest BCUT2D eigenvalue weighted by atomic mass is 15.1. The average Bonchev–Trinajstić information content (AvgIpc) is 2.33. The van der Waals surface area contributed by atoms with Crippen LogP contribution >= 0.6 is 0 Å². The molecule has 0 saturated carbocycles. The van der Waals surface area contributed by atoms with Gasteiger partial charge in [-0.05, 0) is 32.4 Å². The molecule has 2 fully saturated rings. The van der Waals surface area contributed by atoms with Crippen molar-refractivity contribution in [2.45, 2.75) is 31.3 Å².